The highest BCUT2D eigenvalue weighted by Crippen LogP contribution is 2.13. The highest BCUT2D eigenvalue weighted by Gasteiger charge is 2.09. The van der Waals surface area contributed by atoms with Gasteiger partial charge in [0.05, 0.1) is 6.61 Å². The van der Waals surface area contributed by atoms with Gasteiger partial charge in [-0.15, -0.1) is 0 Å². The number of hydrogen-bond acceptors (Lipinski definition) is 5. The summed E-state index contributed by atoms with van der Waals surface area (Å²) in [7, 11) is 0. The number of aromatic nitrogens is 1. The number of carbonyl (C=O) groups is 3. The van der Waals surface area contributed by atoms with Crippen LogP contribution in [0.5, 0.6) is 5.75 Å². The molecule has 8 nitrogen and oxygen atoms in total. The summed E-state index contributed by atoms with van der Waals surface area (Å²) < 4.78 is 11.6. The molecule has 0 saturated heterocycles. The highest BCUT2D eigenvalue weighted by molar-refractivity contribution is 5.95. The van der Waals surface area contributed by atoms with Crippen LogP contribution in [0.4, 0.5) is 4.79 Å². The van der Waals surface area contributed by atoms with E-state index in [1.807, 2.05) is 41.2 Å². The molecule has 160 valence electrons. The van der Waals surface area contributed by atoms with Crippen molar-refractivity contribution in [2.24, 2.45) is 0 Å². The zero-order valence-electron chi connectivity index (χ0n) is 17.0. The van der Waals surface area contributed by atoms with Crippen molar-refractivity contribution in [1.82, 2.24) is 15.2 Å². The molecule has 0 radical (unpaired) electrons. The molecule has 0 aliphatic carbocycles. The summed E-state index contributed by atoms with van der Waals surface area (Å²) in [4.78, 5) is 35.7. The Morgan fingerprint density at radius 2 is 1.32 bits per heavy atom. The fourth-order valence-corrected chi connectivity index (χ4v) is 2.77. The van der Waals surface area contributed by atoms with Crippen molar-refractivity contribution < 1.29 is 23.9 Å². The third kappa shape index (κ3) is 6.20. The molecule has 8 heteroatoms. The molecule has 0 aliphatic rings. The Kier molecular flexibility index (Phi) is 7.42. The maximum Gasteiger partial charge on any atom is 0.513 e. The van der Waals surface area contributed by atoms with Gasteiger partial charge in [0.2, 0.25) is 0 Å². The first-order chi connectivity index (χ1) is 15.1. The molecular formula is C23H23N3O5. The van der Waals surface area contributed by atoms with Gasteiger partial charge in [-0.1, -0.05) is 0 Å². The fraction of sp³-hybridized carbons (Fsp3) is 0.174. The molecule has 3 aromatic rings. The molecule has 0 spiro atoms. The second kappa shape index (κ2) is 10.6. The van der Waals surface area contributed by atoms with Gasteiger partial charge in [-0.3, -0.25) is 9.59 Å². The molecule has 0 saturated carbocycles. The zero-order chi connectivity index (χ0) is 22.1. The van der Waals surface area contributed by atoms with Crippen LogP contribution in [-0.2, 0) is 4.74 Å². The molecule has 2 N–H and O–H groups in total. The summed E-state index contributed by atoms with van der Waals surface area (Å²) in [5.74, 6) is -0.230. The van der Waals surface area contributed by atoms with Crippen LogP contribution in [-0.4, -0.2) is 42.2 Å². The van der Waals surface area contributed by atoms with Crippen LogP contribution in [0, 0.1) is 0 Å². The van der Waals surface area contributed by atoms with E-state index in [2.05, 4.69) is 15.4 Å². The Balaban J connectivity index is 1.41. The van der Waals surface area contributed by atoms with Crippen LogP contribution < -0.4 is 15.4 Å². The minimum Gasteiger partial charge on any atom is -0.434 e. The molecule has 2 aromatic carbocycles. The van der Waals surface area contributed by atoms with Crippen molar-refractivity contribution in [2.45, 2.75) is 6.92 Å². The van der Waals surface area contributed by atoms with Crippen LogP contribution in [0.25, 0.3) is 5.69 Å². The van der Waals surface area contributed by atoms with Gasteiger partial charge in [0, 0.05) is 42.3 Å². The van der Waals surface area contributed by atoms with Crippen LogP contribution in [0.2, 0.25) is 0 Å². The molecule has 2 amide bonds. The number of rotatable bonds is 8. The third-order valence-corrected chi connectivity index (χ3v) is 4.31. The van der Waals surface area contributed by atoms with Gasteiger partial charge in [-0.05, 0) is 67.6 Å². The Morgan fingerprint density at radius 1 is 0.806 bits per heavy atom. The lowest BCUT2D eigenvalue weighted by molar-refractivity contribution is 0.0927. The number of amides is 2. The average molecular weight is 421 g/mol. The smallest absolute Gasteiger partial charge is 0.434 e. The van der Waals surface area contributed by atoms with Crippen molar-refractivity contribution in [3.63, 3.8) is 0 Å². The average Bonchev–Trinajstić information content (AvgIpc) is 3.32. The Bertz CT molecular complexity index is 1010. The lowest BCUT2D eigenvalue weighted by Crippen LogP contribution is -2.34. The maximum atomic E-state index is 12.2. The molecule has 1 heterocycles. The standard InChI is InChI=1S/C23H23N3O5/c1-2-30-23(29)31-20-11-7-18(8-12-20)22(28)25-14-13-24-21(27)17-5-9-19(10-6-17)26-15-3-4-16-26/h3-12,15-16H,2,13-14H2,1H3,(H,24,27)(H,25,28). The lowest BCUT2D eigenvalue weighted by Gasteiger charge is -2.09. The summed E-state index contributed by atoms with van der Waals surface area (Å²) in [5, 5.41) is 5.50. The minimum absolute atomic E-state index is 0.214. The Labute approximate surface area is 179 Å². The predicted molar refractivity (Wildman–Crippen MR) is 115 cm³/mol. The minimum atomic E-state index is -0.796. The van der Waals surface area contributed by atoms with E-state index in [1.165, 1.54) is 24.3 Å². The van der Waals surface area contributed by atoms with Gasteiger partial charge in [0.1, 0.15) is 5.75 Å². The van der Waals surface area contributed by atoms with E-state index >= 15 is 0 Å². The maximum absolute atomic E-state index is 12.2. The summed E-state index contributed by atoms with van der Waals surface area (Å²) in [6.07, 6.45) is 3.06. The molecular weight excluding hydrogens is 398 g/mol. The van der Waals surface area contributed by atoms with Gasteiger partial charge in [-0.25, -0.2) is 4.79 Å². The highest BCUT2D eigenvalue weighted by atomic mass is 16.7. The van der Waals surface area contributed by atoms with Crippen LogP contribution in [0.1, 0.15) is 27.6 Å². The van der Waals surface area contributed by atoms with Gasteiger partial charge < -0.3 is 24.7 Å². The van der Waals surface area contributed by atoms with Gasteiger partial charge in [0.15, 0.2) is 0 Å². The van der Waals surface area contributed by atoms with Crippen molar-refractivity contribution in [3.8, 4) is 11.4 Å². The molecule has 0 unspecified atom stereocenters. The molecule has 3 rings (SSSR count). The van der Waals surface area contributed by atoms with E-state index in [0.29, 0.717) is 11.1 Å². The number of nitrogens with zero attached hydrogens (tertiary/aromatic N) is 1. The summed E-state index contributed by atoms with van der Waals surface area (Å²) in [5.41, 5.74) is 1.91. The fourth-order valence-electron chi connectivity index (χ4n) is 2.77. The molecule has 0 bridgehead atoms. The van der Waals surface area contributed by atoms with Gasteiger partial charge in [0.25, 0.3) is 11.8 Å². The quantitative estimate of drug-likeness (QED) is 0.331. The SMILES string of the molecule is CCOC(=O)Oc1ccc(C(=O)NCCNC(=O)c2ccc(-n3cccc3)cc2)cc1. The van der Waals surface area contributed by atoms with Crippen LogP contribution in [0.15, 0.2) is 73.1 Å². The van der Waals surface area contributed by atoms with Gasteiger partial charge in [-0.2, -0.15) is 0 Å². The lowest BCUT2D eigenvalue weighted by atomic mass is 10.2. The first kappa shape index (κ1) is 21.6. The van der Waals surface area contributed by atoms with Crippen molar-refractivity contribution in [3.05, 3.63) is 84.2 Å². The predicted octanol–water partition coefficient (Wildman–Crippen LogP) is 3.17. The van der Waals surface area contributed by atoms with Crippen molar-refractivity contribution in [2.75, 3.05) is 19.7 Å². The van der Waals surface area contributed by atoms with Crippen LogP contribution in [0.3, 0.4) is 0 Å². The number of nitrogens with one attached hydrogen (secondary N) is 2. The number of ether oxygens (including phenoxy) is 2. The van der Waals surface area contributed by atoms with E-state index in [0.717, 1.165) is 5.69 Å². The van der Waals surface area contributed by atoms with Crippen molar-refractivity contribution >= 4 is 18.0 Å². The summed E-state index contributed by atoms with van der Waals surface area (Å²) in [6, 6.07) is 17.2. The normalized spacial score (nSPS) is 10.2. The summed E-state index contributed by atoms with van der Waals surface area (Å²) >= 11 is 0. The van der Waals surface area contributed by atoms with Crippen molar-refractivity contribution in [1.29, 1.82) is 0 Å². The van der Waals surface area contributed by atoms with Gasteiger partial charge >= 0.3 is 6.16 Å². The van der Waals surface area contributed by atoms with E-state index in [4.69, 9.17) is 4.74 Å². The summed E-state index contributed by atoms with van der Waals surface area (Å²) in [6.45, 7) is 2.45. The first-order valence-electron chi connectivity index (χ1n) is 9.81. The van der Waals surface area contributed by atoms with Crippen LogP contribution >= 0.6 is 0 Å². The molecule has 31 heavy (non-hydrogen) atoms. The third-order valence-electron chi connectivity index (χ3n) is 4.31. The Morgan fingerprint density at radius 3 is 1.84 bits per heavy atom. The van der Waals surface area contributed by atoms with E-state index in [9.17, 15) is 14.4 Å². The molecule has 1 aromatic heterocycles. The number of hydrogen-bond donors (Lipinski definition) is 2. The molecule has 0 fully saturated rings. The number of carbonyl (C=O) groups excluding carboxylic acids is 3. The molecule has 0 aliphatic heterocycles. The zero-order valence-corrected chi connectivity index (χ0v) is 17.0. The second-order valence-electron chi connectivity index (χ2n) is 6.46. The molecule has 0 atom stereocenters. The monoisotopic (exact) mass is 421 g/mol. The van der Waals surface area contributed by atoms with E-state index in [1.54, 1.807) is 19.1 Å². The number of benzene rings is 2. The van der Waals surface area contributed by atoms with E-state index < -0.39 is 6.16 Å². The largest absolute Gasteiger partial charge is 0.513 e. The van der Waals surface area contributed by atoms with E-state index in [-0.39, 0.29) is 37.3 Å². The second-order valence-corrected chi connectivity index (χ2v) is 6.46. The Hall–Kier alpha value is -4.07. The first-order valence-corrected chi connectivity index (χ1v) is 9.81. The topological polar surface area (TPSA) is 98.7 Å².